The van der Waals surface area contributed by atoms with Gasteiger partial charge in [0.15, 0.2) is 11.9 Å². The zero-order valence-corrected chi connectivity index (χ0v) is 12.8. The van der Waals surface area contributed by atoms with E-state index in [9.17, 15) is 4.91 Å². The first-order chi connectivity index (χ1) is 8.19. The number of hydrogen-bond donors (Lipinski definition) is 0. The van der Waals surface area contributed by atoms with E-state index in [2.05, 4.69) is 10.2 Å². The number of hydrogen-bond acceptors (Lipinski definition) is 6. The largest absolute Gasteiger partial charge is 1.00 e. The van der Waals surface area contributed by atoms with Crippen molar-refractivity contribution in [2.24, 2.45) is 5.34 Å². The number of methoxy groups -OCH3 is 1. The van der Waals surface area contributed by atoms with Gasteiger partial charge in [-0.3, -0.25) is 0 Å². The molecule has 0 saturated carbocycles. The number of halogens is 1. The molecule has 0 radical (unpaired) electrons. The van der Waals surface area contributed by atoms with E-state index in [0.29, 0.717) is 16.5 Å². The summed E-state index contributed by atoms with van der Waals surface area (Å²) < 4.78 is 15.4. The van der Waals surface area contributed by atoms with Gasteiger partial charge in [-0.25, -0.2) is 0 Å². The van der Waals surface area contributed by atoms with Gasteiger partial charge in [-0.2, -0.15) is 0 Å². The second kappa shape index (κ2) is 6.58. The van der Waals surface area contributed by atoms with Crippen LogP contribution in [0.4, 0.5) is 0 Å². The van der Waals surface area contributed by atoms with Gasteiger partial charge in [-0.15, -0.1) is 4.91 Å². The first-order valence-corrected chi connectivity index (χ1v) is 5.18. The van der Waals surface area contributed by atoms with Crippen LogP contribution in [0.1, 0.15) is 1.43 Å². The molecule has 1 aromatic carbocycles. The maximum Gasteiger partial charge on any atom is 1.00 e. The van der Waals surface area contributed by atoms with Crippen molar-refractivity contribution >= 4 is 11.6 Å². The Labute approximate surface area is 132 Å². The van der Waals surface area contributed by atoms with Crippen LogP contribution in [-0.2, 0) is 9.57 Å². The molecule has 1 heterocycles. The summed E-state index contributed by atoms with van der Waals surface area (Å²) in [6, 6.07) is 4.96. The summed E-state index contributed by atoms with van der Waals surface area (Å²) in [6.45, 7) is 0.354. The summed E-state index contributed by atoms with van der Waals surface area (Å²) in [7, 11) is 1.51. The van der Waals surface area contributed by atoms with Crippen molar-refractivity contribution in [2.45, 2.75) is 5.79 Å². The van der Waals surface area contributed by atoms with E-state index < -0.39 is 5.79 Å². The molecule has 0 spiro atoms. The molecule has 0 amide bonds. The monoisotopic (exact) mass is 283 g/mol. The molecular weight excluding hydrogens is 273 g/mol. The number of rotatable bonds is 6. The first-order valence-electron chi connectivity index (χ1n) is 4.80. The summed E-state index contributed by atoms with van der Waals surface area (Å²) in [5.41, 5.74) is 0. The molecule has 0 aliphatic carbocycles. The predicted octanol–water partition coefficient (Wildman–Crippen LogP) is -0.732. The second-order valence-corrected chi connectivity index (χ2v) is 3.86. The zero-order valence-electron chi connectivity index (χ0n) is 11.0. The molecular formula is C10H11ClNNaO5. The van der Waals surface area contributed by atoms with Crippen molar-refractivity contribution in [1.82, 2.24) is 0 Å². The van der Waals surface area contributed by atoms with E-state index in [1.54, 1.807) is 18.2 Å². The number of ether oxygens (including phenoxy) is 3. The molecule has 1 saturated heterocycles. The van der Waals surface area contributed by atoms with E-state index in [0.717, 1.165) is 0 Å². The van der Waals surface area contributed by atoms with E-state index in [-0.39, 0.29) is 44.2 Å². The Bertz CT molecular complexity index is 432. The van der Waals surface area contributed by atoms with Gasteiger partial charge in [0, 0.05) is 6.07 Å². The predicted molar refractivity (Wildman–Crippen MR) is 60.2 cm³/mol. The molecule has 8 heteroatoms. The third-order valence-corrected chi connectivity index (χ3v) is 2.56. The van der Waals surface area contributed by atoms with Crippen molar-refractivity contribution in [3.05, 3.63) is 28.1 Å². The first kappa shape index (κ1) is 15.5. The van der Waals surface area contributed by atoms with E-state index in [1.165, 1.54) is 7.11 Å². The minimum absolute atomic E-state index is 0. The van der Waals surface area contributed by atoms with Crippen LogP contribution < -0.4 is 39.0 Å². The van der Waals surface area contributed by atoms with Crippen molar-refractivity contribution in [1.29, 1.82) is 0 Å². The average Bonchev–Trinajstić information content (AvgIpc) is 3.09. The summed E-state index contributed by atoms with van der Waals surface area (Å²) in [5, 5.41) is 2.82. The maximum atomic E-state index is 9.97. The topological polar surface area (TPSA) is 69.6 Å². The van der Waals surface area contributed by atoms with Crippen LogP contribution in [0.15, 0.2) is 23.5 Å². The summed E-state index contributed by atoms with van der Waals surface area (Å²) in [5.74, 6) is 0.00854. The second-order valence-electron chi connectivity index (χ2n) is 3.45. The SMILES string of the molecule is COc1cc(OC[C@@]2(ON=O)CO2)ccc1Cl.[H-].[Na+]. The fourth-order valence-electron chi connectivity index (χ4n) is 1.23. The molecule has 94 valence electrons. The van der Waals surface area contributed by atoms with Crippen LogP contribution >= 0.6 is 11.6 Å². The van der Waals surface area contributed by atoms with E-state index >= 15 is 0 Å². The quantitative estimate of drug-likeness (QED) is 0.298. The normalized spacial score (nSPS) is 20.6. The molecule has 0 bridgehead atoms. The summed E-state index contributed by atoms with van der Waals surface area (Å²) in [4.78, 5) is 14.5. The van der Waals surface area contributed by atoms with Gasteiger partial charge in [0.05, 0.1) is 12.1 Å². The molecule has 1 aromatic rings. The van der Waals surface area contributed by atoms with Gasteiger partial charge in [0.25, 0.3) is 5.79 Å². The average molecular weight is 284 g/mol. The Morgan fingerprint density at radius 3 is 2.89 bits per heavy atom. The van der Waals surface area contributed by atoms with Crippen LogP contribution in [0.2, 0.25) is 5.02 Å². The Kier molecular flexibility index (Phi) is 5.68. The summed E-state index contributed by atoms with van der Waals surface area (Å²) in [6.07, 6.45) is 0. The standard InChI is InChI=1S/C10H10ClNO5.Na.H/c1-14-9-4-7(2-3-8(9)11)15-5-10(6-16-10)17-12-13;;/h2-4H,5-6H2,1H3;;/q;+1;-1/t10-;;/m1../s1. The molecule has 2 rings (SSSR count). The molecule has 0 N–H and O–H groups in total. The van der Waals surface area contributed by atoms with E-state index in [1.807, 2.05) is 0 Å². The van der Waals surface area contributed by atoms with Crippen LogP contribution in [-0.4, -0.2) is 26.1 Å². The van der Waals surface area contributed by atoms with Crippen molar-refractivity contribution in [3.8, 4) is 11.5 Å². The molecule has 1 aliphatic heterocycles. The van der Waals surface area contributed by atoms with Crippen LogP contribution in [0.25, 0.3) is 0 Å². The van der Waals surface area contributed by atoms with Gasteiger partial charge in [-0.1, -0.05) is 11.6 Å². The zero-order chi connectivity index (χ0) is 12.3. The van der Waals surface area contributed by atoms with Crippen molar-refractivity contribution in [3.63, 3.8) is 0 Å². The van der Waals surface area contributed by atoms with Gasteiger partial charge in [0.2, 0.25) is 0 Å². The smallest absolute Gasteiger partial charge is 1.00 e. The van der Waals surface area contributed by atoms with Crippen LogP contribution in [0.3, 0.4) is 0 Å². The third-order valence-electron chi connectivity index (χ3n) is 2.25. The van der Waals surface area contributed by atoms with Crippen LogP contribution in [0, 0.1) is 4.91 Å². The Balaban J connectivity index is 0.00000162. The van der Waals surface area contributed by atoms with Crippen molar-refractivity contribution in [2.75, 3.05) is 20.3 Å². The number of nitrogens with zero attached hydrogens (tertiary/aromatic N) is 1. The molecule has 1 fully saturated rings. The van der Waals surface area contributed by atoms with Gasteiger partial charge in [0.1, 0.15) is 18.1 Å². The third kappa shape index (κ3) is 3.73. The minimum atomic E-state index is -1.03. The Morgan fingerprint density at radius 1 is 1.61 bits per heavy atom. The fourth-order valence-corrected chi connectivity index (χ4v) is 1.43. The van der Waals surface area contributed by atoms with Gasteiger partial charge >= 0.3 is 29.6 Å². The Hall–Kier alpha value is -0.530. The molecule has 6 nitrogen and oxygen atoms in total. The molecule has 0 aromatic heterocycles. The Morgan fingerprint density at radius 2 is 2.33 bits per heavy atom. The molecule has 1 atom stereocenters. The molecule has 0 unspecified atom stereocenters. The molecule has 1 aliphatic rings. The number of benzene rings is 1. The summed E-state index contributed by atoms with van der Waals surface area (Å²) >= 11 is 5.86. The minimum Gasteiger partial charge on any atom is -1.00 e. The fraction of sp³-hybridized carbons (Fsp3) is 0.400. The maximum absolute atomic E-state index is 9.97. The number of epoxide rings is 1. The van der Waals surface area contributed by atoms with E-state index in [4.69, 9.17) is 25.8 Å². The van der Waals surface area contributed by atoms with Crippen LogP contribution in [0.5, 0.6) is 11.5 Å². The van der Waals surface area contributed by atoms with Gasteiger partial charge < -0.3 is 20.5 Å². The van der Waals surface area contributed by atoms with Gasteiger partial charge in [-0.05, 0) is 12.1 Å². The molecule has 18 heavy (non-hydrogen) atoms. The van der Waals surface area contributed by atoms with Crippen molar-refractivity contribution < 1.29 is 50.0 Å².